The van der Waals surface area contributed by atoms with E-state index in [0.29, 0.717) is 12.4 Å². The summed E-state index contributed by atoms with van der Waals surface area (Å²) in [5, 5.41) is 3.95. The first kappa shape index (κ1) is 10.4. The normalized spacial score (nSPS) is 10.4. The highest BCUT2D eigenvalue weighted by atomic mass is 16.5. The van der Waals surface area contributed by atoms with Crippen molar-refractivity contribution in [1.29, 1.82) is 0 Å². The molecule has 0 spiro atoms. The van der Waals surface area contributed by atoms with Gasteiger partial charge in [0.2, 0.25) is 5.88 Å². The van der Waals surface area contributed by atoms with Crippen LogP contribution in [0.25, 0.3) is 0 Å². The zero-order valence-corrected chi connectivity index (χ0v) is 9.12. The molecule has 0 aliphatic rings. The lowest BCUT2D eigenvalue weighted by atomic mass is 10.3. The smallest absolute Gasteiger partial charge is 0.345 e. The number of methoxy groups -OCH3 is 1. The lowest BCUT2D eigenvalue weighted by Crippen LogP contribution is -2.23. The first-order valence-electron chi connectivity index (χ1n) is 4.79. The Kier molecular flexibility index (Phi) is 2.72. The molecule has 0 amide bonds. The van der Waals surface area contributed by atoms with Crippen molar-refractivity contribution in [2.45, 2.75) is 6.54 Å². The van der Waals surface area contributed by atoms with Gasteiger partial charge in [0, 0.05) is 13.1 Å². The van der Waals surface area contributed by atoms with Crippen molar-refractivity contribution in [1.82, 2.24) is 19.3 Å². The quantitative estimate of drug-likeness (QED) is 0.732. The fourth-order valence-corrected chi connectivity index (χ4v) is 1.34. The molecule has 0 saturated heterocycles. The molecule has 16 heavy (non-hydrogen) atoms. The highest BCUT2D eigenvalue weighted by Gasteiger charge is 2.04. The molecular weight excluding hydrogens is 208 g/mol. The third-order valence-electron chi connectivity index (χ3n) is 2.19. The minimum absolute atomic E-state index is 0.162. The number of aromatic nitrogens is 4. The van der Waals surface area contributed by atoms with Crippen LogP contribution in [-0.2, 0) is 13.6 Å². The van der Waals surface area contributed by atoms with Crippen LogP contribution in [-0.4, -0.2) is 26.4 Å². The van der Waals surface area contributed by atoms with Crippen LogP contribution < -0.4 is 10.4 Å². The first-order chi connectivity index (χ1) is 7.70. The van der Waals surface area contributed by atoms with E-state index in [1.165, 1.54) is 15.6 Å². The zero-order chi connectivity index (χ0) is 11.5. The lowest BCUT2D eigenvalue weighted by Gasteiger charge is -2.02. The van der Waals surface area contributed by atoms with Gasteiger partial charge in [-0.3, -0.25) is 4.57 Å². The largest absolute Gasteiger partial charge is 0.481 e. The van der Waals surface area contributed by atoms with Crippen LogP contribution in [0.2, 0.25) is 0 Å². The van der Waals surface area contributed by atoms with Gasteiger partial charge in [-0.15, -0.1) is 0 Å². The molecule has 2 heterocycles. The number of rotatable bonds is 3. The van der Waals surface area contributed by atoms with E-state index in [-0.39, 0.29) is 5.69 Å². The lowest BCUT2D eigenvalue weighted by molar-refractivity contribution is 0.395. The van der Waals surface area contributed by atoms with Crippen LogP contribution in [0.15, 0.2) is 29.3 Å². The second-order valence-corrected chi connectivity index (χ2v) is 3.35. The van der Waals surface area contributed by atoms with Crippen LogP contribution in [0.5, 0.6) is 5.88 Å². The Morgan fingerprint density at radius 3 is 2.88 bits per heavy atom. The molecule has 6 heteroatoms. The van der Waals surface area contributed by atoms with Crippen molar-refractivity contribution < 1.29 is 4.74 Å². The monoisotopic (exact) mass is 220 g/mol. The number of pyridine rings is 1. The average molecular weight is 220 g/mol. The van der Waals surface area contributed by atoms with Crippen molar-refractivity contribution in [3.8, 4) is 5.88 Å². The summed E-state index contributed by atoms with van der Waals surface area (Å²) in [5.74, 6) is 0.529. The van der Waals surface area contributed by atoms with Crippen LogP contribution in [0.4, 0.5) is 0 Å². The van der Waals surface area contributed by atoms with E-state index in [9.17, 15) is 4.79 Å². The van der Waals surface area contributed by atoms with E-state index < -0.39 is 0 Å². The molecule has 0 N–H and O–H groups in total. The van der Waals surface area contributed by atoms with Crippen LogP contribution in [0, 0.1) is 0 Å². The molecular formula is C10H12N4O2. The van der Waals surface area contributed by atoms with Gasteiger partial charge in [0.1, 0.15) is 6.33 Å². The highest BCUT2D eigenvalue weighted by Crippen LogP contribution is 2.06. The fourth-order valence-electron chi connectivity index (χ4n) is 1.34. The Hall–Kier alpha value is -2.11. The molecule has 0 unspecified atom stereocenters. The number of hydrogen-bond donors (Lipinski definition) is 0. The van der Waals surface area contributed by atoms with E-state index in [0.717, 1.165) is 5.69 Å². The Morgan fingerprint density at radius 1 is 1.44 bits per heavy atom. The minimum Gasteiger partial charge on any atom is -0.481 e. The Balaban J connectivity index is 2.27. The summed E-state index contributed by atoms with van der Waals surface area (Å²) in [7, 11) is 3.21. The minimum atomic E-state index is -0.162. The van der Waals surface area contributed by atoms with Gasteiger partial charge in [0.15, 0.2) is 0 Å². The number of hydrogen-bond acceptors (Lipinski definition) is 4. The molecule has 0 fully saturated rings. The molecule has 2 rings (SSSR count). The molecule has 0 saturated carbocycles. The summed E-state index contributed by atoms with van der Waals surface area (Å²) in [6.45, 7) is 0.344. The van der Waals surface area contributed by atoms with Gasteiger partial charge >= 0.3 is 5.69 Å². The summed E-state index contributed by atoms with van der Waals surface area (Å²) in [5.41, 5.74) is 0.574. The summed E-state index contributed by atoms with van der Waals surface area (Å²) in [6, 6.07) is 5.41. The van der Waals surface area contributed by atoms with Crippen molar-refractivity contribution in [3.05, 3.63) is 40.7 Å². The summed E-state index contributed by atoms with van der Waals surface area (Å²) < 4.78 is 7.77. The topological polar surface area (TPSA) is 61.9 Å². The first-order valence-corrected chi connectivity index (χ1v) is 4.79. The Bertz CT molecular complexity index is 544. The number of ether oxygens (including phenoxy) is 1. The predicted octanol–water partition coefficient (Wildman–Crippen LogP) is 0.0337. The van der Waals surface area contributed by atoms with E-state index in [1.807, 2.05) is 12.1 Å². The van der Waals surface area contributed by atoms with Gasteiger partial charge < -0.3 is 4.74 Å². The van der Waals surface area contributed by atoms with Crippen LogP contribution in [0.3, 0.4) is 0 Å². The maximum Gasteiger partial charge on any atom is 0.345 e. The van der Waals surface area contributed by atoms with Crippen molar-refractivity contribution in [2.75, 3.05) is 7.11 Å². The van der Waals surface area contributed by atoms with Gasteiger partial charge in [-0.1, -0.05) is 6.07 Å². The molecule has 2 aromatic rings. The van der Waals surface area contributed by atoms with Gasteiger partial charge in [-0.2, -0.15) is 5.10 Å². The van der Waals surface area contributed by atoms with Gasteiger partial charge in [-0.05, 0) is 6.07 Å². The Labute approximate surface area is 92.1 Å². The average Bonchev–Trinajstić information content (AvgIpc) is 2.61. The number of nitrogens with zero attached hydrogens (tertiary/aromatic N) is 4. The van der Waals surface area contributed by atoms with Crippen molar-refractivity contribution >= 4 is 0 Å². The fraction of sp³-hybridized carbons (Fsp3) is 0.300. The molecule has 2 aromatic heterocycles. The van der Waals surface area contributed by atoms with Crippen LogP contribution in [0.1, 0.15) is 5.69 Å². The standard InChI is InChI=1S/C10H12N4O2/c1-13-7-11-14(10(13)15)6-8-4-3-5-9(12-8)16-2/h3-5,7H,6H2,1-2H3. The summed E-state index contributed by atoms with van der Waals surface area (Å²) in [6.07, 6.45) is 1.47. The Morgan fingerprint density at radius 2 is 2.25 bits per heavy atom. The van der Waals surface area contributed by atoms with Crippen molar-refractivity contribution in [2.24, 2.45) is 7.05 Å². The van der Waals surface area contributed by atoms with Crippen molar-refractivity contribution in [3.63, 3.8) is 0 Å². The predicted molar refractivity (Wildman–Crippen MR) is 57.4 cm³/mol. The molecule has 0 atom stereocenters. The molecule has 6 nitrogen and oxygen atoms in total. The molecule has 0 aromatic carbocycles. The number of aryl methyl sites for hydroxylation is 1. The molecule has 0 aliphatic heterocycles. The summed E-state index contributed by atoms with van der Waals surface area (Å²) >= 11 is 0. The van der Waals surface area contributed by atoms with Gasteiger partial charge in [0.25, 0.3) is 0 Å². The highest BCUT2D eigenvalue weighted by molar-refractivity contribution is 5.15. The molecule has 0 bridgehead atoms. The van der Waals surface area contributed by atoms with Crippen LogP contribution >= 0.6 is 0 Å². The maximum absolute atomic E-state index is 11.5. The molecule has 84 valence electrons. The van der Waals surface area contributed by atoms with E-state index in [1.54, 1.807) is 20.2 Å². The van der Waals surface area contributed by atoms with E-state index in [4.69, 9.17) is 4.74 Å². The molecule has 0 aliphatic carbocycles. The molecule has 0 radical (unpaired) electrons. The maximum atomic E-state index is 11.5. The summed E-state index contributed by atoms with van der Waals surface area (Å²) in [4.78, 5) is 15.7. The second kappa shape index (κ2) is 4.18. The zero-order valence-electron chi connectivity index (χ0n) is 9.12. The SMILES string of the molecule is COc1cccc(Cn2ncn(C)c2=O)n1. The van der Waals surface area contributed by atoms with Gasteiger partial charge in [0.05, 0.1) is 19.3 Å². The van der Waals surface area contributed by atoms with Gasteiger partial charge in [-0.25, -0.2) is 14.5 Å². The van der Waals surface area contributed by atoms with E-state index >= 15 is 0 Å². The third kappa shape index (κ3) is 1.95. The second-order valence-electron chi connectivity index (χ2n) is 3.35. The van der Waals surface area contributed by atoms with E-state index in [2.05, 4.69) is 10.1 Å². The third-order valence-corrected chi connectivity index (χ3v) is 2.19.